The van der Waals surface area contributed by atoms with Gasteiger partial charge in [-0.15, -0.1) is 4.31 Å². The third-order valence-corrected chi connectivity index (χ3v) is 7.30. The van der Waals surface area contributed by atoms with E-state index in [2.05, 4.69) is 22.4 Å². The van der Waals surface area contributed by atoms with Crippen molar-refractivity contribution >= 4 is 23.1 Å². The zero-order chi connectivity index (χ0) is 26.4. The molecule has 1 aliphatic rings. The lowest BCUT2D eigenvalue weighted by Gasteiger charge is -2.31. The van der Waals surface area contributed by atoms with Crippen LogP contribution < -0.4 is 14.8 Å². The fraction of sp³-hybridized carbons (Fsp3) is 0.385. The van der Waals surface area contributed by atoms with E-state index in [0.29, 0.717) is 35.2 Å². The predicted molar refractivity (Wildman–Crippen MR) is 142 cm³/mol. The van der Waals surface area contributed by atoms with Crippen LogP contribution in [0.4, 0.5) is 5.82 Å². The number of rotatable bonds is 10. The number of carbonyl (C=O) groups excluding carboxylic acids is 1. The summed E-state index contributed by atoms with van der Waals surface area (Å²) in [5.74, 6) is 1.56. The predicted octanol–water partition coefficient (Wildman–Crippen LogP) is 3.15. The van der Waals surface area contributed by atoms with E-state index in [4.69, 9.17) is 14.2 Å². The Morgan fingerprint density at radius 1 is 1.05 bits per heavy atom. The summed E-state index contributed by atoms with van der Waals surface area (Å²) < 4.78 is 33.7. The SMILES string of the molecule is COC[C@H](C)Oc1cc(Oc2ccc([S+]([O-])N3CCN(C)CC3)cc2)cc(C(=O)Nc2ccn(C)n2)c1. The van der Waals surface area contributed by atoms with Crippen LogP contribution in [0.15, 0.2) is 59.6 Å². The number of ether oxygens (including phenoxy) is 3. The van der Waals surface area contributed by atoms with Crippen LogP contribution in [0.5, 0.6) is 17.2 Å². The number of benzene rings is 2. The van der Waals surface area contributed by atoms with E-state index in [9.17, 15) is 9.35 Å². The first-order valence-electron chi connectivity index (χ1n) is 12.1. The number of likely N-dealkylation sites (N-methyl/N-ethyl adjacent to an activating group) is 1. The van der Waals surface area contributed by atoms with Crippen LogP contribution in [-0.2, 0) is 23.1 Å². The summed E-state index contributed by atoms with van der Waals surface area (Å²) in [6.45, 7) is 5.59. The molecule has 1 aliphatic heterocycles. The molecule has 0 spiro atoms. The van der Waals surface area contributed by atoms with Crippen LogP contribution in [-0.4, -0.2) is 82.5 Å². The van der Waals surface area contributed by atoms with Crippen molar-refractivity contribution in [2.75, 3.05) is 52.3 Å². The van der Waals surface area contributed by atoms with E-state index in [-0.39, 0.29) is 12.0 Å². The molecule has 0 bridgehead atoms. The van der Waals surface area contributed by atoms with Crippen molar-refractivity contribution in [2.45, 2.75) is 17.9 Å². The fourth-order valence-electron chi connectivity index (χ4n) is 3.86. The number of aryl methyl sites for hydroxylation is 1. The van der Waals surface area contributed by atoms with Gasteiger partial charge in [-0.2, -0.15) is 5.10 Å². The van der Waals surface area contributed by atoms with Crippen molar-refractivity contribution in [3.8, 4) is 17.2 Å². The molecule has 3 aromatic rings. The highest BCUT2D eigenvalue weighted by Crippen LogP contribution is 2.30. The van der Waals surface area contributed by atoms with Gasteiger partial charge in [-0.1, -0.05) is 0 Å². The standard InChI is InChI=1S/C26H33N5O5S/c1-19(18-34-4)35-22-15-20(26(32)27-25-9-10-30(3)28-25)16-23(17-22)36-21-5-7-24(8-6-21)37(33)31-13-11-29(2)12-14-31/h5-10,15-17,19H,11-14,18H2,1-4H3,(H,27,28,32)/t19-,37?/m0/s1. The fourth-order valence-corrected chi connectivity index (χ4v) is 5.03. The summed E-state index contributed by atoms with van der Waals surface area (Å²) in [6, 6.07) is 13.9. The largest absolute Gasteiger partial charge is 0.593 e. The minimum absolute atomic E-state index is 0.226. The summed E-state index contributed by atoms with van der Waals surface area (Å²) in [5, 5.41) is 6.98. The highest BCUT2D eigenvalue weighted by atomic mass is 32.2. The second kappa shape index (κ2) is 12.4. The van der Waals surface area contributed by atoms with Crippen molar-refractivity contribution in [1.82, 2.24) is 19.0 Å². The highest BCUT2D eigenvalue weighted by Gasteiger charge is 2.26. The van der Waals surface area contributed by atoms with Crippen LogP contribution in [0.2, 0.25) is 0 Å². The molecule has 2 aromatic carbocycles. The topological polar surface area (TPSA) is 104 Å². The molecule has 0 saturated carbocycles. The Kier molecular flexibility index (Phi) is 9.06. The average Bonchev–Trinajstić information content (AvgIpc) is 3.28. The smallest absolute Gasteiger partial charge is 0.257 e. The van der Waals surface area contributed by atoms with Gasteiger partial charge in [-0.25, -0.2) is 0 Å². The zero-order valence-corrected chi connectivity index (χ0v) is 22.4. The lowest BCUT2D eigenvalue weighted by molar-refractivity contribution is 0.0915. The van der Waals surface area contributed by atoms with Gasteiger partial charge in [0, 0.05) is 51.1 Å². The van der Waals surface area contributed by atoms with E-state index in [0.717, 1.165) is 31.1 Å². The number of nitrogens with zero attached hydrogens (tertiary/aromatic N) is 4. The molecule has 1 fully saturated rings. The van der Waals surface area contributed by atoms with Crippen LogP contribution in [0, 0.1) is 0 Å². The third-order valence-electron chi connectivity index (χ3n) is 5.79. The number of anilines is 1. The first kappa shape index (κ1) is 27.0. The molecule has 1 aromatic heterocycles. The molecule has 1 saturated heterocycles. The molecule has 1 amide bonds. The van der Waals surface area contributed by atoms with Gasteiger partial charge in [0.15, 0.2) is 10.7 Å². The maximum atomic E-state index is 12.9. The summed E-state index contributed by atoms with van der Waals surface area (Å²) in [5.41, 5.74) is 0.357. The second-order valence-corrected chi connectivity index (χ2v) is 10.4. The van der Waals surface area contributed by atoms with Crippen LogP contribution in [0.25, 0.3) is 0 Å². The summed E-state index contributed by atoms with van der Waals surface area (Å²) in [7, 11) is 5.45. The molecular formula is C26H33N5O5S. The molecule has 0 aliphatic carbocycles. The number of piperazine rings is 1. The normalized spacial score (nSPS) is 16.2. The number of methoxy groups -OCH3 is 1. The minimum Gasteiger partial charge on any atom is -0.593 e. The van der Waals surface area contributed by atoms with Crippen molar-refractivity contribution in [2.24, 2.45) is 7.05 Å². The Labute approximate surface area is 220 Å². The van der Waals surface area contributed by atoms with Gasteiger partial charge >= 0.3 is 0 Å². The number of hydrogen-bond donors (Lipinski definition) is 1. The monoisotopic (exact) mass is 527 g/mol. The average molecular weight is 528 g/mol. The van der Waals surface area contributed by atoms with Gasteiger partial charge in [0.1, 0.15) is 23.4 Å². The number of nitrogens with one attached hydrogen (secondary N) is 1. The summed E-state index contributed by atoms with van der Waals surface area (Å²) in [6.07, 6.45) is 1.52. The molecule has 10 nitrogen and oxygen atoms in total. The molecule has 1 unspecified atom stereocenters. The zero-order valence-electron chi connectivity index (χ0n) is 21.5. The summed E-state index contributed by atoms with van der Waals surface area (Å²) >= 11 is -1.22. The Morgan fingerprint density at radius 3 is 2.41 bits per heavy atom. The Bertz CT molecular complexity index is 1180. The van der Waals surface area contributed by atoms with Crippen molar-refractivity contribution in [3.63, 3.8) is 0 Å². The molecule has 0 radical (unpaired) electrons. The lowest BCUT2D eigenvalue weighted by Crippen LogP contribution is -2.46. The molecule has 37 heavy (non-hydrogen) atoms. The second-order valence-electron chi connectivity index (χ2n) is 8.96. The number of hydrogen-bond acceptors (Lipinski definition) is 8. The first-order valence-corrected chi connectivity index (χ1v) is 13.2. The number of amides is 1. The Morgan fingerprint density at radius 2 is 1.76 bits per heavy atom. The van der Waals surface area contributed by atoms with Crippen molar-refractivity contribution < 1.29 is 23.6 Å². The van der Waals surface area contributed by atoms with E-state index in [1.165, 1.54) is 0 Å². The first-order chi connectivity index (χ1) is 17.8. The van der Waals surface area contributed by atoms with Crippen molar-refractivity contribution in [3.05, 3.63) is 60.3 Å². The minimum atomic E-state index is -1.22. The molecule has 2 atom stereocenters. The van der Waals surface area contributed by atoms with Crippen LogP contribution in [0.1, 0.15) is 17.3 Å². The third kappa shape index (κ3) is 7.46. The maximum absolute atomic E-state index is 12.9. The van der Waals surface area contributed by atoms with Gasteiger partial charge in [-0.3, -0.25) is 9.48 Å². The van der Waals surface area contributed by atoms with E-state index < -0.39 is 11.4 Å². The molecule has 1 N–H and O–H groups in total. The van der Waals surface area contributed by atoms with Gasteiger partial charge in [0.05, 0.1) is 31.1 Å². The quantitative estimate of drug-likeness (QED) is 0.401. The van der Waals surface area contributed by atoms with E-state index >= 15 is 0 Å². The van der Waals surface area contributed by atoms with Gasteiger partial charge < -0.3 is 29.0 Å². The summed E-state index contributed by atoms with van der Waals surface area (Å²) in [4.78, 5) is 15.9. The Balaban J connectivity index is 1.50. The van der Waals surface area contributed by atoms with Crippen LogP contribution in [0.3, 0.4) is 0 Å². The van der Waals surface area contributed by atoms with Gasteiger partial charge in [0.25, 0.3) is 5.91 Å². The molecular weight excluding hydrogens is 494 g/mol. The van der Waals surface area contributed by atoms with E-state index in [1.54, 1.807) is 73.6 Å². The van der Waals surface area contributed by atoms with E-state index in [1.807, 2.05) is 11.2 Å². The lowest BCUT2D eigenvalue weighted by atomic mass is 10.2. The van der Waals surface area contributed by atoms with Crippen LogP contribution >= 0.6 is 0 Å². The number of carbonyl (C=O) groups is 1. The van der Waals surface area contributed by atoms with Gasteiger partial charge in [0.2, 0.25) is 0 Å². The highest BCUT2D eigenvalue weighted by molar-refractivity contribution is 7.89. The Hall–Kier alpha value is -3.09. The van der Waals surface area contributed by atoms with Crippen molar-refractivity contribution in [1.29, 1.82) is 0 Å². The molecule has 198 valence electrons. The maximum Gasteiger partial charge on any atom is 0.257 e. The van der Waals surface area contributed by atoms with Gasteiger partial charge in [-0.05, 0) is 50.4 Å². The number of aromatic nitrogens is 2. The molecule has 4 rings (SSSR count). The molecule has 11 heteroatoms. The molecule has 2 heterocycles.